The molecular weight excluding hydrogens is 318 g/mol. The van der Waals surface area contributed by atoms with Crippen LogP contribution in [0.25, 0.3) is 0 Å². The first-order valence-electron chi connectivity index (χ1n) is 6.77. The Hall–Kier alpha value is -2.55. The number of hydrogen-bond donors (Lipinski definition) is 0. The highest BCUT2D eigenvalue weighted by atomic mass is 32.2. The zero-order chi connectivity index (χ0) is 16.1. The molecule has 23 heavy (non-hydrogen) atoms. The van der Waals surface area contributed by atoms with Crippen LogP contribution >= 0.6 is 11.8 Å². The Balaban J connectivity index is 1.65. The van der Waals surface area contributed by atoms with Crippen molar-refractivity contribution in [2.45, 2.75) is 17.5 Å². The Morgan fingerprint density at radius 2 is 2.13 bits per heavy atom. The van der Waals surface area contributed by atoms with E-state index in [0.717, 1.165) is 17.1 Å². The highest BCUT2D eigenvalue weighted by Crippen LogP contribution is 2.30. The summed E-state index contributed by atoms with van der Waals surface area (Å²) in [4.78, 5) is 3.87. The largest absolute Gasteiger partial charge is 0.497 e. The molecule has 120 valence electrons. The van der Waals surface area contributed by atoms with Crippen LogP contribution in [0.1, 0.15) is 11.5 Å². The molecule has 0 radical (unpaired) electrons. The van der Waals surface area contributed by atoms with Crippen LogP contribution in [0.15, 0.2) is 40.5 Å². The quantitative estimate of drug-likeness (QED) is 0.607. The molecule has 0 N–H and O–H groups in total. The monoisotopic (exact) mass is 333 g/mol. The molecule has 1 aromatic carbocycles. The third kappa shape index (κ3) is 3.81. The van der Waals surface area contributed by atoms with E-state index < -0.39 is 0 Å². The molecule has 0 aliphatic carbocycles. The second kappa shape index (κ2) is 7.14. The molecule has 2 heterocycles. The van der Waals surface area contributed by atoms with E-state index in [1.165, 1.54) is 18.1 Å². The average molecular weight is 333 g/mol. The predicted octanol–water partition coefficient (Wildman–Crippen LogP) is 2.02. The topological polar surface area (TPSA) is 88.1 Å². The normalized spacial score (nSPS) is 10.7. The van der Waals surface area contributed by atoms with Gasteiger partial charge >= 0.3 is 0 Å². The lowest BCUT2D eigenvalue weighted by atomic mass is 10.2. The summed E-state index contributed by atoms with van der Waals surface area (Å²) in [6, 6.07) is 5.66. The van der Waals surface area contributed by atoms with Gasteiger partial charge in [0.1, 0.15) is 30.7 Å². The van der Waals surface area contributed by atoms with Gasteiger partial charge in [-0.3, -0.25) is 0 Å². The molecule has 2 aromatic heterocycles. The maximum atomic E-state index is 5.59. The number of ether oxygens (including phenoxy) is 2. The zero-order valence-electron chi connectivity index (χ0n) is 12.7. The molecule has 0 aliphatic heterocycles. The summed E-state index contributed by atoms with van der Waals surface area (Å²) in [6.07, 6.45) is 3.05. The van der Waals surface area contributed by atoms with Gasteiger partial charge in [-0.2, -0.15) is 5.10 Å². The first-order chi connectivity index (χ1) is 11.3. The Morgan fingerprint density at radius 3 is 2.87 bits per heavy atom. The molecule has 3 aromatic rings. The van der Waals surface area contributed by atoms with Gasteiger partial charge < -0.3 is 13.9 Å². The average Bonchev–Trinajstić information content (AvgIpc) is 3.25. The summed E-state index contributed by atoms with van der Waals surface area (Å²) in [5, 5.41) is 12.5. The third-order valence-electron chi connectivity index (χ3n) is 3.05. The minimum absolute atomic E-state index is 0.399. The molecule has 3 rings (SSSR count). The number of hydrogen-bond acceptors (Lipinski definition) is 8. The summed E-state index contributed by atoms with van der Waals surface area (Å²) in [7, 11) is 3.27. The van der Waals surface area contributed by atoms with Crippen LogP contribution in [-0.4, -0.2) is 39.2 Å². The molecule has 9 heteroatoms. The van der Waals surface area contributed by atoms with Gasteiger partial charge in [-0.15, -0.1) is 10.2 Å². The van der Waals surface area contributed by atoms with Crippen LogP contribution < -0.4 is 9.47 Å². The summed E-state index contributed by atoms with van der Waals surface area (Å²) in [5.74, 6) is 2.68. The molecular formula is C14H15N5O3S. The molecule has 0 bridgehead atoms. The van der Waals surface area contributed by atoms with E-state index in [4.69, 9.17) is 13.9 Å². The first-order valence-corrected chi connectivity index (χ1v) is 7.75. The molecule has 0 amide bonds. The van der Waals surface area contributed by atoms with Gasteiger partial charge in [0.05, 0.1) is 14.2 Å². The van der Waals surface area contributed by atoms with Crippen molar-refractivity contribution in [1.29, 1.82) is 0 Å². The number of methoxy groups -OCH3 is 2. The summed E-state index contributed by atoms with van der Waals surface area (Å²) in [6.45, 7) is 0.399. The van der Waals surface area contributed by atoms with Crippen molar-refractivity contribution in [2.24, 2.45) is 0 Å². The molecule has 0 aliphatic rings. The Labute approximate surface area is 136 Å². The van der Waals surface area contributed by atoms with Crippen molar-refractivity contribution in [2.75, 3.05) is 14.2 Å². The maximum absolute atomic E-state index is 5.59. The lowest BCUT2D eigenvalue weighted by Gasteiger charge is -2.09. The number of aromatic nitrogens is 5. The Kier molecular flexibility index (Phi) is 4.77. The second-order valence-electron chi connectivity index (χ2n) is 4.52. The van der Waals surface area contributed by atoms with E-state index in [9.17, 15) is 0 Å². The van der Waals surface area contributed by atoms with E-state index in [1.54, 1.807) is 25.2 Å². The van der Waals surface area contributed by atoms with Gasteiger partial charge in [0.2, 0.25) is 5.89 Å². The van der Waals surface area contributed by atoms with Crippen molar-refractivity contribution >= 4 is 11.8 Å². The highest BCUT2D eigenvalue weighted by Gasteiger charge is 2.11. The fourth-order valence-electron chi connectivity index (χ4n) is 1.95. The molecule has 0 saturated heterocycles. The molecule has 0 fully saturated rings. The first kappa shape index (κ1) is 15.3. The van der Waals surface area contributed by atoms with Crippen molar-refractivity contribution in [3.63, 3.8) is 0 Å². The van der Waals surface area contributed by atoms with Crippen molar-refractivity contribution in [3.05, 3.63) is 42.3 Å². The molecule has 0 atom stereocenters. The minimum atomic E-state index is 0.399. The van der Waals surface area contributed by atoms with Crippen molar-refractivity contribution in [3.8, 4) is 11.5 Å². The number of benzene rings is 1. The SMILES string of the molecule is COc1ccc(OC)c(CSc2nnc(Cn3cncn3)o2)c1. The van der Waals surface area contributed by atoms with Crippen molar-refractivity contribution in [1.82, 2.24) is 25.0 Å². The van der Waals surface area contributed by atoms with Crippen LogP contribution in [0.5, 0.6) is 11.5 Å². The van der Waals surface area contributed by atoms with Crippen LogP contribution in [0.3, 0.4) is 0 Å². The van der Waals surface area contributed by atoms with Crippen LogP contribution in [0.2, 0.25) is 0 Å². The smallest absolute Gasteiger partial charge is 0.276 e. The molecule has 0 spiro atoms. The number of rotatable bonds is 7. The van der Waals surface area contributed by atoms with Gasteiger partial charge in [-0.1, -0.05) is 11.8 Å². The van der Waals surface area contributed by atoms with Gasteiger partial charge in [0.15, 0.2) is 0 Å². The maximum Gasteiger partial charge on any atom is 0.276 e. The number of thioether (sulfide) groups is 1. The lowest BCUT2D eigenvalue weighted by Crippen LogP contribution is -1.99. The van der Waals surface area contributed by atoms with Crippen LogP contribution in [0, 0.1) is 0 Å². The predicted molar refractivity (Wildman–Crippen MR) is 82.5 cm³/mol. The summed E-state index contributed by atoms with van der Waals surface area (Å²) in [5.41, 5.74) is 0.993. The fraction of sp³-hybridized carbons (Fsp3) is 0.286. The van der Waals surface area contributed by atoms with Crippen LogP contribution in [-0.2, 0) is 12.3 Å². The zero-order valence-corrected chi connectivity index (χ0v) is 13.5. The van der Waals surface area contributed by atoms with E-state index in [-0.39, 0.29) is 0 Å². The van der Waals surface area contributed by atoms with Crippen LogP contribution in [0.4, 0.5) is 0 Å². The highest BCUT2D eigenvalue weighted by molar-refractivity contribution is 7.98. The second-order valence-corrected chi connectivity index (χ2v) is 5.45. The van der Waals surface area contributed by atoms with Gasteiger partial charge in [0.25, 0.3) is 5.22 Å². The number of nitrogens with zero attached hydrogens (tertiary/aromatic N) is 5. The molecule has 0 saturated carbocycles. The minimum Gasteiger partial charge on any atom is -0.497 e. The summed E-state index contributed by atoms with van der Waals surface area (Å²) < 4.78 is 17.8. The van der Waals surface area contributed by atoms with E-state index >= 15 is 0 Å². The molecule has 0 unspecified atom stereocenters. The Morgan fingerprint density at radius 1 is 1.22 bits per heavy atom. The third-order valence-corrected chi connectivity index (χ3v) is 3.92. The lowest BCUT2D eigenvalue weighted by molar-refractivity contribution is 0.396. The molecule has 8 nitrogen and oxygen atoms in total. The van der Waals surface area contributed by atoms with Gasteiger partial charge in [0, 0.05) is 11.3 Å². The summed E-state index contributed by atoms with van der Waals surface area (Å²) >= 11 is 1.43. The van der Waals surface area contributed by atoms with Gasteiger partial charge in [-0.05, 0) is 18.2 Å². The Bertz CT molecular complexity index is 760. The standard InChI is InChI=1S/C14H15N5O3S/c1-20-11-3-4-12(21-2)10(5-11)7-23-14-18-17-13(22-14)6-19-9-15-8-16-19/h3-5,8-9H,6-7H2,1-2H3. The van der Waals surface area contributed by atoms with E-state index in [2.05, 4.69) is 20.3 Å². The van der Waals surface area contributed by atoms with E-state index in [1.807, 2.05) is 18.2 Å². The fourth-order valence-corrected chi connectivity index (χ4v) is 2.71. The van der Waals surface area contributed by atoms with Crippen molar-refractivity contribution < 1.29 is 13.9 Å². The van der Waals surface area contributed by atoms with E-state index in [0.29, 0.717) is 23.4 Å². The van der Waals surface area contributed by atoms with Gasteiger partial charge in [-0.25, -0.2) is 9.67 Å².